The molecule has 1 aliphatic rings. The minimum Gasteiger partial charge on any atom is -0.467 e. The van der Waals surface area contributed by atoms with Crippen molar-refractivity contribution in [2.45, 2.75) is 25.4 Å². The van der Waals surface area contributed by atoms with Gasteiger partial charge in [0.05, 0.1) is 38.5 Å². The van der Waals surface area contributed by atoms with E-state index in [2.05, 4.69) is 5.32 Å². The molecule has 140 valence electrons. The van der Waals surface area contributed by atoms with Crippen molar-refractivity contribution in [3.63, 3.8) is 0 Å². The van der Waals surface area contributed by atoms with Crippen molar-refractivity contribution in [3.05, 3.63) is 47.0 Å². The van der Waals surface area contributed by atoms with Crippen LogP contribution in [0.4, 0.5) is 0 Å². The number of hydrogen-bond acceptors (Lipinski definition) is 7. The Labute approximate surface area is 152 Å². The van der Waals surface area contributed by atoms with Crippen molar-refractivity contribution in [1.29, 1.82) is 0 Å². The van der Waals surface area contributed by atoms with Gasteiger partial charge in [0.15, 0.2) is 5.54 Å². The summed E-state index contributed by atoms with van der Waals surface area (Å²) < 4.78 is 14.8. The number of carbonyl (C=O) groups excluding carboxylic acids is 3. The third-order valence-corrected chi connectivity index (χ3v) is 4.63. The minimum atomic E-state index is -1.54. The number of nitrogens with one attached hydrogen (secondary N) is 1. The molecule has 1 aromatic rings. The van der Waals surface area contributed by atoms with Gasteiger partial charge < -0.3 is 14.2 Å². The van der Waals surface area contributed by atoms with Crippen LogP contribution in [0.3, 0.4) is 0 Å². The van der Waals surface area contributed by atoms with E-state index in [1.807, 2.05) is 6.07 Å². The molecule has 0 spiro atoms. The molecule has 2 rings (SSSR count). The largest absolute Gasteiger partial charge is 0.467 e. The Kier molecular flexibility index (Phi) is 5.82. The number of esters is 3. The Balaban J connectivity index is 2.83. The van der Waals surface area contributed by atoms with E-state index in [0.29, 0.717) is 5.56 Å². The molecule has 0 saturated heterocycles. The molecule has 1 aliphatic heterocycles. The van der Waals surface area contributed by atoms with E-state index in [0.717, 1.165) is 0 Å². The highest BCUT2D eigenvalue weighted by atomic mass is 16.5. The Morgan fingerprint density at radius 1 is 0.962 bits per heavy atom. The third-order valence-electron chi connectivity index (χ3n) is 4.63. The summed E-state index contributed by atoms with van der Waals surface area (Å²) >= 11 is 0. The third kappa shape index (κ3) is 2.99. The first-order valence-electron chi connectivity index (χ1n) is 8.17. The fourth-order valence-corrected chi connectivity index (χ4v) is 3.34. The summed E-state index contributed by atoms with van der Waals surface area (Å²) in [5.41, 5.74) is -0.862. The van der Waals surface area contributed by atoms with Crippen molar-refractivity contribution in [2.75, 3.05) is 21.3 Å². The van der Waals surface area contributed by atoms with E-state index < -0.39 is 35.4 Å². The van der Waals surface area contributed by atoms with Gasteiger partial charge >= 0.3 is 17.9 Å². The topological polar surface area (TPSA) is 90.9 Å². The Bertz CT molecular complexity index is 740. The predicted octanol–water partition coefficient (Wildman–Crippen LogP) is 1.54. The van der Waals surface area contributed by atoms with Crippen LogP contribution in [-0.2, 0) is 28.6 Å². The standard InChI is InChI=1S/C19H23NO6/c1-11(2)19(18(23)26-5)14(17(22)25-4)13(16(21)24-3)15(20-19)12-9-7-6-8-10-12/h6-11,15,20H,1-5H3/t15-,19-/m0/s1. The summed E-state index contributed by atoms with van der Waals surface area (Å²) in [6.07, 6.45) is 0. The molecule has 0 amide bonds. The van der Waals surface area contributed by atoms with E-state index in [9.17, 15) is 14.4 Å². The molecule has 0 radical (unpaired) electrons. The molecule has 1 N–H and O–H groups in total. The summed E-state index contributed by atoms with van der Waals surface area (Å²) in [6, 6.07) is 8.30. The van der Waals surface area contributed by atoms with E-state index in [1.54, 1.807) is 38.1 Å². The van der Waals surface area contributed by atoms with Crippen molar-refractivity contribution in [2.24, 2.45) is 5.92 Å². The van der Waals surface area contributed by atoms with Gasteiger partial charge in [-0.2, -0.15) is 0 Å². The fraction of sp³-hybridized carbons (Fsp3) is 0.421. The van der Waals surface area contributed by atoms with Crippen LogP contribution < -0.4 is 5.32 Å². The number of hydrogen-bond donors (Lipinski definition) is 1. The van der Waals surface area contributed by atoms with Crippen LogP contribution >= 0.6 is 0 Å². The zero-order valence-electron chi connectivity index (χ0n) is 15.5. The molecular weight excluding hydrogens is 338 g/mol. The van der Waals surface area contributed by atoms with Crippen molar-refractivity contribution in [1.82, 2.24) is 5.32 Å². The first-order chi connectivity index (χ1) is 12.3. The maximum absolute atomic E-state index is 12.8. The van der Waals surface area contributed by atoms with Crippen LogP contribution in [0.2, 0.25) is 0 Å². The summed E-state index contributed by atoms with van der Waals surface area (Å²) in [5.74, 6) is -2.57. The minimum absolute atomic E-state index is 0.0460. The quantitative estimate of drug-likeness (QED) is 0.628. The Morgan fingerprint density at radius 2 is 1.54 bits per heavy atom. The lowest BCUT2D eigenvalue weighted by atomic mass is 9.79. The summed E-state index contributed by atoms with van der Waals surface area (Å²) in [6.45, 7) is 3.52. The highest BCUT2D eigenvalue weighted by Gasteiger charge is 2.58. The molecule has 0 fully saturated rings. The van der Waals surface area contributed by atoms with Gasteiger partial charge in [-0.3, -0.25) is 5.32 Å². The molecule has 0 aromatic heterocycles. The van der Waals surface area contributed by atoms with Crippen molar-refractivity contribution < 1.29 is 28.6 Å². The van der Waals surface area contributed by atoms with Crippen molar-refractivity contribution >= 4 is 17.9 Å². The lowest BCUT2D eigenvalue weighted by Gasteiger charge is -2.33. The zero-order valence-corrected chi connectivity index (χ0v) is 15.5. The molecule has 7 heteroatoms. The van der Waals surface area contributed by atoms with Crippen LogP contribution in [0.5, 0.6) is 0 Å². The molecule has 1 aromatic carbocycles. The van der Waals surface area contributed by atoms with Gasteiger partial charge in [-0.15, -0.1) is 0 Å². The highest BCUT2D eigenvalue weighted by molar-refractivity contribution is 6.10. The number of benzene rings is 1. The lowest BCUT2D eigenvalue weighted by Crippen LogP contribution is -2.56. The molecule has 0 unspecified atom stereocenters. The number of rotatable bonds is 5. The van der Waals surface area contributed by atoms with Crippen LogP contribution in [-0.4, -0.2) is 44.8 Å². The van der Waals surface area contributed by atoms with Gasteiger partial charge in [0.25, 0.3) is 0 Å². The van der Waals surface area contributed by atoms with Crippen LogP contribution in [0.15, 0.2) is 41.5 Å². The number of methoxy groups -OCH3 is 3. The van der Waals surface area contributed by atoms with Crippen molar-refractivity contribution in [3.8, 4) is 0 Å². The predicted molar refractivity (Wildman–Crippen MR) is 93.0 cm³/mol. The van der Waals surface area contributed by atoms with Crippen LogP contribution in [0, 0.1) is 5.92 Å². The normalized spacial score (nSPS) is 22.3. The summed E-state index contributed by atoms with van der Waals surface area (Å²) in [7, 11) is 3.65. The second-order valence-corrected chi connectivity index (χ2v) is 6.21. The molecule has 7 nitrogen and oxygen atoms in total. The van der Waals surface area contributed by atoms with E-state index in [1.165, 1.54) is 21.3 Å². The second-order valence-electron chi connectivity index (χ2n) is 6.21. The number of ether oxygens (including phenoxy) is 3. The summed E-state index contributed by atoms with van der Waals surface area (Å²) in [5, 5.41) is 3.15. The molecule has 0 bridgehead atoms. The monoisotopic (exact) mass is 361 g/mol. The first-order valence-corrected chi connectivity index (χ1v) is 8.17. The number of carbonyl (C=O) groups is 3. The Hall–Kier alpha value is -2.67. The molecule has 26 heavy (non-hydrogen) atoms. The average Bonchev–Trinajstić information content (AvgIpc) is 3.04. The Morgan fingerprint density at radius 3 is 2.00 bits per heavy atom. The van der Waals surface area contributed by atoms with Gasteiger partial charge in [0.2, 0.25) is 0 Å². The maximum atomic E-state index is 12.8. The molecule has 0 saturated carbocycles. The molecule has 2 atom stereocenters. The van der Waals surface area contributed by atoms with Gasteiger partial charge in [-0.25, -0.2) is 14.4 Å². The maximum Gasteiger partial charge on any atom is 0.336 e. The average molecular weight is 361 g/mol. The van der Waals surface area contributed by atoms with Gasteiger partial charge in [-0.05, 0) is 11.5 Å². The SMILES string of the molecule is COC(=O)C1=C(C(=O)OC)[C@](C(=O)OC)(C(C)C)N[C@H]1c1ccccc1. The smallest absolute Gasteiger partial charge is 0.336 e. The van der Waals surface area contributed by atoms with E-state index in [4.69, 9.17) is 14.2 Å². The molecular formula is C19H23NO6. The van der Waals surface area contributed by atoms with Crippen LogP contribution in [0.1, 0.15) is 25.5 Å². The second kappa shape index (κ2) is 7.70. The van der Waals surface area contributed by atoms with E-state index in [-0.39, 0.29) is 11.1 Å². The van der Waals surface area contributed by atoms with Gasteiger partial charge in [-0.1, -0.05) is 44.2 Å². The molecule has 0 aliphatic carbocycles. The fourth-order valence-electron chi connectivity index (χ4n) is 3.34. The van der Waals surface area contributed by atoms with E-state index >= 15 is 0 Å². The first kappa shape index (κ1) is 19.7. The zero-order chi connectivity index (χ0) is 19.5. The highest BCUT2D eigenvalue weighted by Crippen LogP contribution is 2.44. The lowest BCUT2D eigenvalue weighted by molar-refractivity contribution is -0.151. The van der Waals surface area contributed by atoms with Crippen LogP contribution in [0.25, 0.3) is 0 Å². The van der Waals surface area contributed by atoms with Gasteiger partial charge in [0, 0.05) is 0 Å². The molecule has 1 heterocycles. The van der Waals surface area contributed by atoms with Gasteiger partial charge in [0.1, 0.15) is 0 Å². The summed E-state index contributed by atoms with van der Waals surface area (Å²) in [4.78, 5) is 38.0.